The molecule has 0 radical (unpaired) electrons. The molecule has 0 spiro atoms. The fourth-order valence-corrected chi connectivity index (χ4v) is 1.93. The van der Waals surface area contributed by atoms with Gasteiger partial charge in [0, 0.05) is 24.9 Å². The van der Waals surface area contributed by atoms with Crippen molar-refractivity contribution in [3.8, 4) is 5.75 Å². The molecular weight excluding hydrogens is 209 g/mol. The first-order chi connectivity index (χ1) is 7.65. The summed E-state index contributed by atoms with van der Waals surface area (Å²) in [7, 11) is 0. The fraction of sp³-hybridized carbons (Fsp3) is 0.417. The number of aromatic hydroxyl groups is 1. The highest BCUT2D eigenvalue weighted by Crippen LogP contribution is 2.27. The van der Waals surface area contributed by atoms with E-state index in [1.807, 2.05) is 0 Å². The zero-order valence-corrected chi connectivity index (χ0v) is 8.87. The largest absolute Gasteiger partial charge is 0.506 e. The molecule has 3 nitrogen and oxygen atoms in total. The van der Waals surface area contributed by atoms with Crippen LogP contribution in [0, 0.1) is 5.82 Å². The summed E-state index contributed by atoms with van der Waals surface area (Å²) in [6.07, 6.45) is 2.71. The highest BCUT2D eigenvalue weighted by Gasteiger charge is 2.19. The van der Waals surface area contributed by atoms with Crippen molar-refractivity contribution in [3.63, 3.8) is 0 Å². The smallest absolute Gasteiger partial charge is 0.141 e. The molecule has 16 heavy (non-hydrogen) atoms. The van der Waals surface area contributed by atoms with Crippen molar-refractivity contribution in [2.45, 2.75) is 31.7 Å². The van der Waals surface area contributed by atoms with Crippen molar-refractivity contribution in [2.24, 2.45) is 0 Å². The monoisotopic (exact) mass is 223 g/mol. The Balaban J connectivity index is 2.01. The number of rotatable bonds is 2. The Hall–Kier alpha value is -1.58. The number of Topliss-reactive ketones (excluding diaryl/α,β-unsaturated/α-hetero) is 1. The van der Waals surface area contributed by atoms with E-state index in [0.717, 1.165) is 18.9 Å². The van der Waals surface area contributed by atoms with Crippen LogP contribution in [0.2, 0.25) is 0 Å². The van der Waals surface area contributed by atoms with Gasteiger partial charge in [-0.3, -0.25) is 4.79 Å². The molecule has 0 heterocycles. The summed E-state index contributed by atoms with van der Waals surface area (Å²) in [6, 6.07) is 4.09. The number of phenolic OH excluding ortho intramolecular Hbond substituents is 1. The van der Waals surface area contributed by atoms with E-state index in [-0.39, 0.29) is 11.8 Å². The van der Waals surface area contributed by atoms with Gasteiger partial charge in [0.1, 0.15) is 17.3 Å². The molecule has 1 saturated carbocycles. The maximum Gasteiger partial charge on any atom is 0.141 e. The maximum atomic E-state index is 12.7. The average molecular weight is 223 g/mol. The predicted octanol–water partition coefficient (Wildman–Crippen LogP) is 2.45. The predicted molar refractivity (Wildman–Crippen MR) is 59.0 cm³/mol. The summed E-state index contributed by atoms with van der Waals surface area (Å²) in [5.41, 5.74) is 0.528. The van der Waals surface area contributed by atoms with E-state index in [1.165, 1.54) is 12.1 Å². The molecule has 1 aromatic carbocycles. The maximum absolute atomic E-state index is 12.7. The van der Waals surface area contributed by atoms with Crippen molar-refractivity contribution in [3.05, 3.63) is 24.0 Å². The molecule has 2 rings (SSSR count). The summed E-state index contributed by atoms with van der Waals surface area (Å²) >= 11 is 0. The molecule has 0 saturated heterocycles. The number of ketones is 1. The molecule has 4 heteroatoms. The Morgan fingerprint density at radius 2 is 2.00 bits per heavy atom. The summed E-state index contributed by atoms with van der Waals surface area (Å²) < 4.78 is 12.7. The van der Waals surface area contributed by atoms with Gasteiger partial charge in [-0.05, 0) is 25.0 Å². The van der Waals surface area contributed by atoms with Crippen LogP contribution < -0.4 is 5.32 Å². The van der Waals surface area contributed by atoms with Crippen molar-refractivity contribution in [2.75, 3.05) is 5.32 Å². The molecule has 0 aromatic heterocycles. The third-order valence-corrected chi connectivity index (χ3v) is 2.86. The second-order valence-electron chi connectivity index (χ2n) is 4.12. The van der Waals surface area contributed by atoms with Crippen LogP contribution in [0.5, 0.6) is 5.75 Å². The standard InChI is InChI=1S/C12H14FNO2/c13-8-1-6-11(12(16)7-8)14-9-2-4-10(15)5-3-9/h1,6-7,9,14,16H,2-5H2. The highest BCUT2D eigenvalue weighted by atomic mass is 19.1. The molecule has 1 aliphatic carbocycles. The van der Waals surface area contributed by atoms with Gasteiger partial charge in [0.05, 0.1) is 5.69 Å². The molecule has 0 aliphatic heterocycles. The summed E-state index contributed by atoms with van der Waals surface area (Å²) in [4.78, 5) is 11.0. The van der Waals surface area contributed by atoms with E-state index in [9.17, 15) is 14.3 Å². The van der Waals surface area contributed by atoms with Gasteiger partial charge in [-0.25, -0.2) is 4.39 Å². The number of anilines is 1. The second-order valence-corrected chi connectivity index (χ2v) is 4.12. The first kappa shape index (κ1) is 10.9. The lowest BCUT2D eigenvalue weighted by Gasteiger charge is -2.23. The third-order valence-electron chi connectivity index (χ3n) is 2.86. The van der Waals surface area contributed by atoms with Gasteiger partial charge in [0.15, 0.2) is 0 Å². The molecule has 0 bridgehead atoms. The van der Waals surface area contributed by atoms with Gasteiger partial charge >= 0.3 is 0 Å². The molecule has 0 amide bonds. The zero-order valence-electron chi connectivity index (χ0n) is 8.87. The first-order valence-electron chi connectivity index (χ1n) is 5.42. The third kappa shape index (κ3) is 2.51. The number of phenols is 1. The van der Waals surface area contributed by atoms with Crippen LogP contribution in [0.1, 0.15) is 25.7 Å². The Kier molecular flexibility index (Phi) is 3.08. The van der Waals surface area contributed by atoms with E-state index >= 15 is 0 Å². The quantitative estimate of drug-likeness (QED) is 0.757. The lowest BCUT2D eigenvalue weighted by molar-refractivity contribution is -0.120. The molecule has 0 atom stereocenters. The van der Waals surface area contributed by atoms with E-state index in [4.69, 9.17) is 0 Å². The minimum absolute atomic E-state index is 0.0862. The second kappa shape index (κ2) is 4.51. The van der Waals surface area contributed by atoms with E-state index < -0.39 is 5.82 Å². The highest BCUT2D eigenvalue weighted by molar-refractivity contribution is 5.79. The molecule has 1 aromatic rings. The number of hydrogen-bond acceptors (Lipinski definition) is 3. The van der Waals surface area contributed by atoms with E-state index in [2.05, 4.69) is 5.32 Å². The Morgan fingerprint density at radius 1 is 1.31 bits per heavy atom. The topological polar surface area (TPSA) is 49.3 Å². The van der Waals surface area contributed by atoms with Crippen LogP contribution in [0.4, 0.5) is 10.1 Å². The number of carbonyl (C=O) groups excluding carboxylic acids is 1. The number of benzene rings is 1. The van der Waals surface area contributed by atoms with Gasteiger partial charge in [-0.1, -0.05) is 0 Å². The Bertz CT molecular complexity index is 396. The fourth-order valence-electron chi connectivity index (χ4n) is 1.93. The van der Waals surface area contributed by atoms with Crippen LogP contribution in [-0.4, -0.2) is 16.9 Å². The normalized spacial score (nSPS) is 17.4. The van der Waals surface area contributed by atoms with Crippen LogP contribution in [0.3, 0.4) is 0 Å². The van der Waals surface area contributed by atoms with Gasteiger partial charge in [0.25, 0.3) is 0 Å². The summed E-state index contributed by atoms with van der Waals surface area (Å²) in [5, 5.41) is 12.6. The summed E-state index contributed by atoms with van der Waals surface area (Å²) in [5.74, 6) is -0.250. The Labute approximate surface area is 93.3 Å². The molecule has 86 valence electrons. The minimum atomic E-state index is -0.457. The minimum Gasteiger partial charge on any atom is -0.506 e. The average Bonchev–Trinajstić information content (AvgIpc) is 2.25. The van der Waals surface area contributed by atoms with Crippen molar-refractivity contribution >= 4 is 11.5 Å². The lowest BCUT2D eigenvalue weighted by Crippen LogP contribution is -2.26. The first-order valence-corrected chi connectivity index (χ1v) is 5.42. The lowest BCUT2D eigenvalue weighted by atomic mass is 9.94. The van der Waals surface area contributed by atoms with E-state index in [0.29, 0.717) is 24.3 Å². The van der Waals surface area contributed by atoms with Crippen molar-refractivity contribution in [1.82, 2.24) is 0 Å². The van der Waals surface area contributed by atoms with Crippen molar-refractivity contribution in [1.29, 1.82) is 0 Å². The van der Waals surface area contributed by atoms with Crippen LogP contribution in [0.25, 0.3) is 0 Å². The number of nitrogens with one attached hydrogen (secondary N) is 1. The van der Waals surface area contributed by atoms with Crippen LogP contribution in [-0.2, 0) is 4.79 Å². The Morgan fingerprint density at radius 3 is 2.62 bits per heavy atom. The van der Waals surface area contributed by atoms with Crippen LogP contribution in [0.15, 0.2) is 18.2 Å². The van der Waals surface area contributed by atoms with Crippen molar-refractivity contribution < 1.29 is 14.3 Å². The number of carbonyl (C=O) groups is 1. The molecule has 1 aliphatic rings. The van der Waals surface area contributed by atoms with Crippen LogP contribution >= 0.6 is 0 Å². The van der Waals surface area contributed by atoms with Gasteiger partial charge in [-0.15, -0.1) is 0 Å². The van der Waals surface area contributed by atoms with Gasteiger partial charge < -0.3 is 10.4 Å². The zero-order chi connectivity index (χ0) is 11.5. The van der Waals surface area contributed by atoms with E-state index in [1.54, 1.807) is 0 Å². The molecule has 0 unspecified atom stereocenters. The number of halogens is 1. The molecule has 1 fully saturated rings. The van der Waals surface area contributed by atoms with Gasteiger partial charge in [0.2, 0.25) is 0 Å². The number of hydrogen-bond donors (Lipinski definition) is 2. The van der Waals surface area contributed by atoms with Gasteiger partial charge in [-0.2, -0.15) is 0 Å². The molecular formula is C12H14FNO2. The summed E-state index contributed by atoms with van der Waals surface area (Å²) in [6.45, 7) is 0. The molecule has 2 N–H and O–H groups in total. The SMILES string of the molecule is O=C1CCC(Nc2ccc(F)cc2O)CC1.